The van der Waals surface area contributed by atoms with E-state index >= 15 is 0 Å². The summed E-state index contributed by atoms with van der Waals surface area (Å²) in [6, 6.07) is 8.27. The Balaban J connectivity index is 2.18. The zero-order valence-corrected chi connectivity index (χ0v) is 10.3. The van der Waals surface area contributed by atoms with E-state index in [-0.39, 0.29) is 0 Å². The van der Waals surface area contributed by atoms with Crippen molar-refractivity contribution in [1.29, 1.82) is 0 Å². The van der Waals surface area contributed by atoms with E-state index in [1.165, 1.54) is 5.56 Å². The van der Waals surface area contributed by atoms with Crippen molar-refractivity contribution < 1.29 is 0 Å². The minimum absolute atomic E-state index is 0.800. The van der Waals surface area contributed by atoms with Gasteiger partial charge in [-0.2, -0.15) is 0 Å². The largest absolute Gasteiger partial charge is 0.311 e. The van der Waals surface area contributed by atoms with Crippen molar-refractivity contribution in [3.05, 3.63) is 41.7 Å². The maximum absolute atomic E-state index is 4.13. The molecule has 0 fully saturated rings. The maximum atomic E-state index is 4.13. The van der Waals surface area contributed by atoms with Crippen LogP contribution in [-0.2, 0) is 6.54 Å². The van der Waals surface area contributed by atoms with Gasteiger partial charge in [-0.1, -0.05) is 24.3 Å². The second kappa shape index (κ2) is 5.59. The van der Waals surface area contributed by atoms with E-state index in [0.717, 1.165) is 30.9 Å². The smallest absolute Gasteiger partial charge is 0.0783 e. The van der Waals surface area contributed by atoms with Crippen LogP contribution in [0, 0.1) is 6.92 Å². The molecule has 1 aromatic heterocycles. The molecule has 0 aliphatic heterocycles. The molecule has 1 N–H and O–H groups in total. The van der Waals surface area contributed by atoms with Gasteiger partial charge in [0.2, 0.25) is 0 Å². The van der Waals surface area contributed by atoms with Crippen molar-refractivity contribution in [2.45, 2.75) is 26.8 Å². The Hall–Kier alpha value is -1.68. The number of rotatable bonds is 5. The minimum Gasteiger partial charge on any atom is -0.311 e. The molecule has 0 saturated carbocycles. The number of aromatic nitrogens is 3. The number of aryl methyl sites for hydroxylation is 1. The van der Waals surface area contributed by atoms with Crippen LogP contribution in [-0.4, -0.2) is 21.5 Å². The molecule has 4 nitrogen and oxygen atoms in total. The van der Waals surface area contributed by atoms with Gasteiger partial charge in [-0.05, 0) is 37.6 Å². The molecule has 1 heterocycles. The van der Waals surface area contributed by atoms with Crippen LogP contribution < -0.4 is 5.32 Å². The van der Waals surface area contributed by atoms with Crippen LogP contribution in [0.15, 0.2) is 30.5 Å². The molecule has 0 unspecified atom stereocenters. The van der Waals surface area contributed by atoms with Crippen LogP contribution in [0.1, 0.15) is 24.6 Å². The molecule has 0 bridgehead atoms. The van der Waals surface area contributed by atoms with Gasteiger partial charge in [0.15, 0.2) is 0 Å². The van der Waals surface area contributed by atoms with Crippen LogP contribution in [0.5, 0.6) is 0 Å². The fraction of sp³-hybridized carbons (Fsp3) is 0.385. The standard InChI is InChI=1S/C13H18N4/c1-3-7-14-9-13-10-15-16-17(13)12-6-4-5-11(2)8-12/h4-6,8,10,14H,3,7,9H2,1-2H3. The van der Waals surface area contributed by atoms with Gasteiger partial charge in [0.05, 0.1) is 17.6 Å². The van der Waals surface area contributed by atoms with Crippen molar-refractivity contribution in [2.24, 2.45) is 0 Å². The Morgan fingerprint density at radius 3 is 3.00 bits per heavy atom. The maximum Gasteiger partial charge on any atom is 0.0783 e. The SMILES string of the molecule is CCCNCc1cnnn1-c1cccc(C)c1. The summed E-state index contributed by atoms with van der Waals surface area (Å²) in [6.45, 7) is 6.05. The lowest BCUT2D eigenvalue weighted by Crippen LogP contribution is -2.16. The number of nitrogens with zero attached hydrogens (tertiary/aromatic N) is 3. The first kappa shape index (κ1) is 11.8. The van der Waals surface area contributed by atoms with Crippen molar-refractivity contribution >= 4 is 0 Å². The Bertz CT molecular complexity index is 476. The molecule has 0 amide bonds. The number of benzene rings is 1. The lowest BCUT2D eigenvalue weighted by molar-refractivity contribution is 0.641. The molecule has 0 spiro atoms. The molecular weight excluding hydrogens is 212 g/mol. The van der Waals surface area contributed by atoms with Gasteiger partial charge < -0.3 is 5.32 Å². The van der Waals surface area contributed by atoms with Gasteiger partial charge in [0.1, 0.15) is 0 Å². The molecule has 2 aromatic rings. The predicted octanol–water partition coefficient (Wildman–Crippen LogP) is 2.08. The van der Waals surface area contributed by atoms with E-state index in [2.05, 4.69) is 41.6 Å². The molecule has 0 atom stereocenters. The zero-order chi connectivity index (χ0) is 12.1. The van der Waals surface area contributed by atoms with Gasteiger partial charge in [-0.25, -0.2) is 4.68 Å². The van der Waals surface area contributed by atoms with E-state index in [9.17, 15) is 0 Å². The predicted molar refractivity (Wildman–Crippen MR) is 68.1 cm³/mol. The first-order valence-corrected chi connectivity index (χ1v) is 5.98. The molecule has 2 rings (SSSR count). The normalized spacial score (nSPS) is 10.7. The van der Waals surface area contributed by atoms with Gasteiger partial charge in [0, 0.05) is 6.54 Å². The molecule has 0 saturated heterocycles. The van der Waals surface area contributed by atoms with Crippen molar-refractivity contribution in [1.82, 2.24) is 20.3 Å². The highest BCUT2D eigenvalue weighted by molar-refractivity contribution is 5.35. The third-order valence-electron chi connectivity index (χ3n) is 2.60. The van der Waals surface area contributed by atoms with Crippen LogP contribution in [0.4, 0.5) is 0 Å². The van der Waals surface area contributed by atoms with E-state index in [1.807, 2.05) is 23.0 Å². The van der Waals surface area contributed by atoms with Gasteiger partial charge in [-0.15, -0.1) is 5.10 Å². The minimum atomic E-state index is 0.800. The van der Waals surface area contributed by atoms with E-state index in [1.54, 1.807) is 0 Å². The highest BCUT2D eigenvalue weighted by atomic mass is 15.4. The van der Waals surface area contributed by atoms with Crippen LogP contribution >= 0.6 is 0 Å². The molecule has 0 radical (unpaired) electrons. The summed E-state index contributed by atoms with van der Waals surface area (Å²) in [4.78, 5) is 0. The summed E-state index contributed by atoms with van der Waals surface area (Å²) in [5, 5.41) is 11.5. The second-order valence-electron chi connectivity index (χ2n) is 4.15. The molecule has 1 aromatic carbocycles. The summed E-state index contributed by atoms with van der Waals surface area (Å²) in [6.07, 6.45) is 2.94. The number of nitrogens with one attached hydrogen (secondary N) is 1. The van der Waals surface area contributed by atoms with Crippen LogP contribution in [0.3, 0.4) is 0 Å². The average Bonchev–Trinajstić information content (AvgIpc) is 2.78. The first-order valence-electron chi connectivity index (χ1n) is 5.98. The Kier molecular flexibility index (Phi) is 3.88. The summed E-state index contributed by atoms with van der Waals surface area (Å²) in [5.41, 5.74) is 3.38. The zero-order valence-electron chi connectivity index (χ0n) is 10.3. The third-order valence-corrected chi connectivity index (χ3v) is 2.60. The Morgan fingerprint density at radius 1 is 1.35 bits per heavy atom. The Labute approximate surface area is 102 Å². The summed E-state index contributed by atoms with van der Waals surface area (Å²) < 4.78 is 1.88. The van der Waals surface area contributed by atoms with Crippen molar-refractivity contribution in [3.8, 4) is 5.69 Å². The van der Waals surface area contributed by atoms with Gasteiger partial charge >= 0.3 is 0 Å². The highest BCUT2D eigenvalue weighted by Crippen LogP contribution is 2.11. The summed E-state index contributed by atoms with van der Waals surface area (Å²) >= 11 is 0. The molecule has 0 aliphatic rings. The Morgan fingerprint density at radius 2 is 2.24 bits per heavy atom. The fourth-order valence-electron chi connectivity index (χ4n) is 1.75. The summed E-state index contributed by atoms with van der Waals surface area (Å²) in [7, 11) is 0. The van der Waals surface area contributed by atoms with Gasteiger partial charge in [0.25, 0.3) is 0 Å². The van der Waals surface area contributed by atoms with Crippen LogP contribution in [0.25, 0.3) is 5.69 Å². The molecule has 17 heavy (non-hydrogen) atoms. The van der Waals surface area contributed by atoms with E-state index in [4.69, 9.17) is 0 Å². The topological polar surface area (TPSA) is 42.7 Å². The second-order valence-corrected chi connectivity index (χ2v) is 4.15. The van der Waals surface area contributed by atoms with Gasteiger partial charge in [-0.3, -0.25) is 0 Å². The first-order chi connectivity index (χ1) is 8.31. The lowest BCUT2D eigenvalue weighted by Gasteiger charge is -2.07. The van der Waals surface area contributed by atoms with E-state index < -0.39 is 0 Å². The summed E-state index contributed by atoms with van der Waals surface area (Å²) in [5.74, 6) is 0. The lowest BCUT2D eigenvalue weighted by atomic mass is 10.2. The molecular formula is C13H18N4. The molecule has 4 heteroatoms. The molecule has 90 valence electrons. The van der Waals surface area contributed by atoms with Crippen molar-refractivity contribution in [2.75, 3.05) is 6.54 Å². The monoisotopic (exact) mass is 230 g/mol. The highest BCUT2D eigenvalue weighted by Gasteiger charge is 2.05. The van der Waals surface area contributed by atoms with Crippen LogP contribution in [0.2, 0.25) is 0 Å². The quantitative estimate of drug-likeness (QED) is 0.800. The average molecular weight is 230 g/mol. The molecule has 0 aliphatic carbocycles. The fourth-order valence-corrected chi connectivity index (χ4v) is 1.75. The third kappa shape index (κ3) is 2.91. The number of hydrogen-bond acceptors (Lipinski definition) is 3. The number of hydrogen-bond donors (Lipinski definition) is 1. The van der Waals surface area contributed by atoms with Crippen molar-refractivity contribution in [3.63, 3.8) is 0 Å². The van der Waals surface area contributed by atoms with E-state index in [0.29, 0.717) is 0 Å².